The maximum Gasteiger partial charge on any atom is 0.330 e. The van der Waals surface area contributed by atoms with Gasteiger partial charge in [0.15, 0.2) is 0 Å². The van der Waals surface area contributed by atoms with Gasteiger partial charge in [-0.25, -0.2) is 9.18 Å². The Labute approximate surface area is 126 Å². The molecule has 0 heterocycles. The molecule has 112 valence electrons. The summed E-state index contributed by atoms with van der Waals surface area (Å²) in [6.45, 7) is 4.37. The van der Waals surface area contributed by atoms with Crippen LogP contribution in [0.25, 0.3) is 0 Å². The van der Waals surface area contributed by atoms with Crippen molar-refractivity contribution >= 4 is 21.9 Å². The van der Waals surface area contributed by atoms with Crippen LogP contribution in [0.5, 0.6) is 0 Å². The van der Waals surface area contributed by atoms with Gasteiger partial charge in [-0.2, -0.15) is 0 Å². The van der Waals surface area contributed by atoms with E-state index in [1.165, 1.54) is 6.07 Å². The monoisotopic (exact) mass is 347 g/mol. The number of benzene rings is 1. The third-order valence-corrected chi connectivity index (χ3v) is 3.43. The van der Waals surface area contributed by atoms with Crippen molar-refractivity contribution in [3.05, 3.63) is 34.1 Å². The van der Waals surface area contributed by atoms with Crippen LogP contribution in [-0.4, -0.2) is 32.8 Å². The number of hydrogen-bond acceptors (Lipinski definition) is 4. The van der Waals surface area contributed by atoms with Crippen LogP contribution >= 0.6 is 15.9 Å². The van der Waals surface area contributed by atoms with Crippen LogP contribution in [0.3, 0.4) is 0 Å². The number of nitrogens with one attached hydrogen (secondary N) is 1. The zero-order valence-electron chi connectivity index (χ0n) is 11.8. The molecule has 0 saturated heterocycles. The van der Waals surface area contributed by atoms with Crippen molar-refractivity contribution in [3.63, 3.8) is 0 Å². The molecule has 0 radical (unpaired) electrons. The molecule has 0 spiro atoms. The largest absolute Gasteiger partial charge is 0.464 e. The summed E-state index contributed by atoms with van der Waals surface area (Å²) in [5, 5.41) is 3.00. The lowest BCUT2D eigenvalue weighted by atomic mass is 9.91. The Morgan fingerprint density at radius 1 is 1.50 bits per heavy atom. The summed E-state index contributed by atoms with van der Waals surface area (Å²) in [4.78, 5) is 12.2. The van der Waals surface area contributed by atoms with E-state index >= 15 is 0 Å². The van der Waals surface area contributed by atoms with E-state index in [0.717, 1.165) is 0 Å². The predicted octanol–water partition coefficient (Wildman–Crippen LogP) is 2.60. The van der Waals surface area contributed by atoms with Gasteiger partial charge in [0.25, 0.3) is 0 Å². The Kier molecular flexibility index (Phi) is 6.58. The maximum absolute atomic E-state index is 14.1. The minimum Gasteiger partial charge on any atom is -0.464 e. The average Bonchev–Trinajstić information content (AvgIpc) is 2.39. The molecular formula is C14H19BrFNO3. The normalized spacial score (nSPS) is 13.8. The third-order valence-electron chi connectivity index (χ3n) is 2.94. The van der Waals surface area contributed by atoms with Crippen molar-refractivity contribution < 1.29 is 18.7 Å². The molecule has 1 rings (SSSR count). The van der Waals surface area contributed by atoms with E-state index in [4.69, 9.17) is 9.47 Å². The first-order valence-electron chi connectivity index (χ1n) is 6.32. The molecule has 1 unspecified atom stereocenters. The molecule has 0 aliphatic heterocycles. The first-order valence-corrected chi connectivity index (χ1v) is 7.11. The molecule has 0 aliphatic carbocycles. The second kappa shape index (κ2) is 7.71. The molecular weight excluding hydrogens is 329 g/mol. The van der Waals surface area contributed by atoms with Crippen LogP contribution in [0.4, 0.5) is 4.39 Å². The van der Waals surface area contributed by atoms with E-state index in [1.807, 2.05) is 0 Å². The van der Waals surface area contributed by atoms with Crippen LogP contribution in [0.2, 0.25) is 0 Å². The number of carbonyl (C=O) groups is 1. The van der Waals surface area contributed by atoms with Crippen molar-refractivity contribution in [2.75, 3.05) is 26.9 Å². The highest BCUT2D eigenvalue weighted by Crippen LogP contribution is 2.27. The smallest absolute Gasteiger partial charge is 0.330 e. The molecule has 20 heavy (non-hydrogen) atoms. The van der Waals surface area contributed by atoms with Crippen LogP contribution < -0.4 is 5.32 Å². The molecule has 1 atom stereocenters. The van der Waals surface area contributed by atoms with Gasteiger partial charge in [0.2, 0.25) is 0 Å². The molecule has 0 amide bonds. The van der Waals surface area contributed by atoms with Gasteiger partial charge < -0.3 is 9.47 Å². The molecule has 0 saturated carbocycles. The number of ether oxygens (including phenoxy) is 2. The van der Waals surface area contributed by atoms with E-state index in [0.29, 0.717) is 17.6 Å². The number of rotatable bonds is 7. The highest BCUT2D eigenvalue weighted by molar-refractivity contribution is 9.10. The van der Waals surface area contributed by atoms with Gasteiger partial charge in [-0.15, -0.1) is 0 Å². The SMILES string of the molecule is CCOC(=O)C(C)(NCCOC)c1ccc(Br)cc1F. The standard InChI is InChI=1S/C14H19BrFNO3/c1-4-20-13(18)14(2,17-7-8-19-3)11-6-5-10(15)9-12(11)16/h5-6,9,17H,4,7-8H2,1-3H3. The molecule has 0 fully saturated rings. The summed E-state index contributed by atoms with van der Waals surface area (Å²) >= 11 is 3.20. The van der Waals surface area contributed by atoms with E-state index in [2.05, 4.69) is 21.2 Å². The summed E-state index contributed by atoms with van der Waals surface area (Å²) in [6.07, 6.45) is 0. The highest BCUT2D eigenvalue weighted by atomic mass is 79.9. The summed E-state index contributed by atoms with van der Waals surface area (Å²) in [7, 11) is 1.56. The quantitative estimate of drug-likeness (QED) is 0.608. The molecule has 1 N–H and O–H groups in total. The van der Waals surface area contributed by atoms with Gasteiger partial charge in [0.1, 0.15) is 11.4 Å². The van der Waals surface area contributed by atoms with Crippen molar-refractivity contribution in [3.8, 4) is 0 Å². The van der Waals surface area contributed by atoms with Crippen LogP contribution in [0.1, 0.15) is 19.4 Å². The molecule has 0 bridgehead atoms. The first kappa shape index (κ1) is 17.1. The Bertz CT molecular complexity index is 470. The fourth-order valence-electron chi connectivity index (χ4n) is 1.85. The van der Waals surface area contributed by atoms with E-state index < -0.39 is 17.3 Å². The first-order chi connectivity index (χ1) is 9.45. The Hall–Kier alpha value is -0.980. The lowest BCUT2D eigenvalue weighted by Crippen LogP contribution is -2.49. The zero-order valence-corrected chi connectivity index (χ0v) is 13.4. The van der Waals surface area contributed by atoms with Gasteiger partial charge in [-0.1, -0.05) is 22.0 Å². The van der Waals surface area contributed by atoms with Crippen LogP contribution in [0, 0.1) is 5.82 Å². The van der Waals surface area contributed by atoms with Crippen LogP contribution in [0.15, 0.2) is 22.7 Å². The Morgan fingerprint density at radius 3 is 2.75 bits per heavy atom. The van der Waals surface area contributed by atoms with Crippen LogP contribution in [-0.2, 0) is 19.8 Å². The number of esters is 1. The zero-order chi connectivity index (χ0) is 15.2. The molecule has 1 aromatic rings. The maximum atomic E-state index is 14.1. The predicted molar refractivity (Wildman–Crippen MR) is 78.0 cm³/mol. The minimum absolute atomic E-state index is 0.235. The second-order valence-electron chi connectivity index (χ2n) is 4.39. The number of methoxy groups -OCH3 is 1. The van der Waals surface area contributed by atoms with E-state index in [1.54, 1.807) is 33.1 Å². The number of hydrogen-bond donors (Lipinski definition) is 1. The van der Waals surface area contributed by atoms with Gasteiger partial charge in [0, 0.05) is 23.7 Å². The van der Waals surface area contributed by atoms with Crippen molar-refractivity contribution in [2.45, 2.75) is 19.4 Å². The van der Waals surface area contributed by atoms with Crippen molar-refractivity contribution in [1.29, 1.82) is 0 Å². The summed E-state index contributed by atoms with van der Waals surface area (Å²) in [5.41, 5.74) is -1.01. The van der Waals surface area contributed by atoms with Gasteiger partial charge >= 0.3 is 5.97 Å². The second-order valence-corrected chi connectivity index (χ2v) is 5.30. The molecule has 0 aromatic heterocycles. The van der Waals surface area contributed by atoms with Gasteiger partial charge in [-0.05, 0) is 26.0 Å². The summed E-state index contributed by atoms with van der Waals surface area (Å²) in [6, 6.07) is 4.58. The fourth-order valence-corrected chi connectivity index (χ4v) is 2.18. The average molecular weight is 348 g/mol. The number of halogens is 2. The van der Waals surface area contributed by atoms with E-state index in [9.17, 15) is 9.18 Å². The summed E-state index contributed by atoms with van der Waals surface area (Å²) in [5.74, 6) is -0.989. The Morgan fingerprint density at radius 2 is 2.20 bits per heavy atom. The Balaban J connectivity index is 3.11. The molecule has 0 aliphatic rings. The van der Waals surface area contributed by atoms with Gasteiger partial charge in [-0.3, -0.25) is 5.32 Å². The lowest BCUT2D eigenvalue weighted by Gasteiger charge is -2.29. The summed E-state index contributed by atoms with van der Waals surface area (Å²) < 4.78 is 24.8. The van der Waals surface area contributed by atoms with Crippen molar-refractivity contribution in [2.24, 2.45) is 0 Å². The van der Waals surface area contributed by atoms with Gasteiger partial charge in [0.05, 0.1) is 13.2 Å². The third kappa shape index (κ3) is 4.01. The highest BCUT2D eigenvalue weighted by Gasteiger charge is 2.38. The lowest BCUT2D eigenvalue weighted by molar-refractivity contribution is -0.151. The molecule has 4 nitrogen and oxygen atoms in total. The molecule has 6 heteroatoms. The van der Waals surface area contributed by atoms with Crippen molar-refractivity contribution in [1.82, 2.24) is 5.32 Å². The minimum atomic E-state index is -1.25. The number of carbonyl (C=O) groups excluding carboxylic acids is 1. The molecule has 1 aromatic carbocycles. The van der Waals surface area contributed by atoms with E-state index in [-0.39, 0.29) is 12.2 Å². The topological polar surface area (TPSA) is 47.6 Å². The fraction of sp³-hybridized carbons (Fsp3) is 0.500.